The summed E-state index contributed by atoms with van der Waals surface area (Å²) in [5.74, 6) is 1.63. The summed E-state index contributed by atoms with van der Waals surface area (Å²) in [6.45, 7) is 3.03. The van der Waals surface area contributed by atoms with E-state index in [0.717, 1.165) is 18.8 Å². The van der Waals surface area contributed by atoms with Crippen molar-refractivity contribution in [1.29, 1.82) is 0 Å². The van der Waals surface area contributed by atoms with Gasteiger partial charge in [0, 0.05) is 12.3 Å². The first-order chi connectivity index (χ1) is 5.90. The predicted octanol–water partition coefficient (Wildman–Crippen LogP) is 2.66. The molecule has 0 aromatic heterocycles. The van der Waals surface area contributed by atoms with Crippen molar-refractivity contribution in [3.63, 3.8) is 0 Å². The highest BCUT2D eigenvalue weighted by Gasteiger charge is 2.17. The van der Waals surface area contributed by atoms with E-state index in [1.807, 2.05) is 12.1 Å². The maximum Gasteiger partial charge on any atom is 0.122 e. The summed E-state index contributed by atoms with van der Waals surface area (Å²) in [7, 11) is 0. The van der Waals surface area contributed by atoms with E-state index < -0.39 is 0 Å². The van der Waals surface area contributed by atoms with Gasteiger partial charge in [0.05, 0.1) is 6.61 Å². The highest BCUT2D eigenvalue weighted by Crippen LogP contribution is 2.29. The van der Waals surface area contributed by atoms with Crippen molar-refractivity contribution in [2.24, 2.45) is 5.92 Å². The second kappa shape index (κ2) is 3.18. The average Bonchev–Trinajstić information content (AvgIpc) is 2.17. The summed E-state index contributed by atoms with van der Waals surface area (Å²) < 4.78 is 5.60. The third kappa shape index (κ3) is 1.31. The van der Waals surface area contributed by atoms with Crippen LogP contribution in [0.3, 0.4) is 0 Å². The summed E-state index contributed by atoms with van der Waals surface area (Å²) in [4.78, 5) is 0. The molecule has 0 spiro atoms. The largest absolute Gasteiger partial charge is 0.493 e. The maximum absolute atomic E-state index is 5.60. The topological polar surface area (TPSA) is 9.23 Å². The number of ether oxygens (including phenoxy) is 1. The quantitative estimate of drug-likeness (QED) is 0.615. The van der Waals surface area contributed by atoms with Crippen LogP contribution >= 0.6 is 0 Å². The SMILES string of the molecule is CCC1[CH]c2ccccc2OC1. The van der Waals surface area contributed by atoms with Crippen LogP contribution < -0.4 is 4.74 Å². The standard InChI is InChI=1S/C11H13O/c1-2-9-7-10-5-3-4-6-11(10)12-8-9/h3-7,9H,2,8H2,1H3. The Bertz CT molecular complexity index is 267. The molecule has 1 aromatic rings. The summed E-state index contributed by atoms with van der Waals surface area (Å²) in [5.41, 5.74) is 1.25. The van der Waals surface area contributed by atoms with Gasteiger partial charge in [0.25, 0.3) is 0 Å². The predicted molar refractivity (Wildman–Crippen MR) is 49.1 cm³/mol. The van der Waals surface area contributed by atoms with Crippen LogP contribution in [-0.2, 0) is 0 Å². The summed E-state index contributed by atoms with van der Waals surface area (Å²) in [5, 5.41) is 0. The van der Waals surface area contributed by atoms with E-state index in [0.29, 0.717) is 5.92 Å². The lowest BCUT2D eigenvalue weighted by Gasteiger charge is -2.23. The van der Waals surface area contributed by atoms with Crippen LogP contribution in [-0.4, -0.2) is 6.61 Å². The average molecular weight is 161 g/mol. The maximum atomic E-state index is 5.60. The van der Waals surface area contributed by atoms with Gasteiger partial charge in [0.15, 0.2) is 0 Å². The zero-order chi connectivity index (χ0) is 8.39. The molecule has 1 heterocycles. The summed E-state index contributed by atoms with van der Waals surface area (Å²) in [6.07, 6.45) is 3.47. The number of benzene rings is 1. The van der Waals surface area contributed by atoms with Crippen LogP contribution in [0.4, 0.5) is 0 Å². The van der Waals surface area contributed by atoms with Gasteiger partial charge in [0.1, 0.15) is 5.75 Å². The number of hydrogen-bond donors (Lipinski definition) is 0. The fourth-order valence-electron chi connectivity index (χ4n) is 1.48. The van der Waals surface area contributed by atoms with Gasteiger partial charge in [-0.25, -0.2) is 0 Å². The molecule has 12 heavy (non-hydrogen) atoms. The van der Waals surface area contributed by atoms with Crippen molar-refractivity contribution in [2.75, 3.05) is 6.61 Å². The van der Waals surface area contributed by atoms with Crippen LogP contribution in [0, 0.1) is 12.3 Å². The minimum atomic E-state index is 0.597. The first-order valence-electron chi connectivity index (χ1n) is 4.47. The lowest BCUT2D eigenvalue weighted by molar-refractivity contribution is 0.247. The summed E-state index contributed by atoms with van der Waals surface area (Å²) in [6, 6.07) is 8.20. The van der Waals surface area contributed by atoms with Crippen LogP contribution in [0.25, 0.3) is 0 Å². The number of hydrogen-bond acceptors (Lipinski definition) is 1. The van der Waals surface area contributed by atoms with Crippen molar-refractivity contribution >= 4 is 0 Å². The van der Waals surface area contributed by atoms with Gasteiger partial charge in [-0.2, -0.15) is 0 Å². The molecule has 63 valence electrons. The first-order valence-corrected chi connectivity index (χ1v) is 4.47. The van der Waals surface area contributed by atoms with Crippen molar-refractivity contribution < 1.29 is 4.74 Å². The number of para-hydroxylation sites is 1. The zero-order valence-electron chi connectivity index (χ0n) is 7.29. The molecule has 1 radical (unpaired) electrons. The molecule has 1 unspecified atom stereocenters. The third-order valence-corrected chi connectivity index (χ3v) is 2.31. The molecule has 1 atom stereocenters. The second-order valence-corrected chi connectivity index (χ2v) is 3.18. The molecule has 0 saturated carbocycles. The van der Waals surface area contributed by atoms with Gasteiger partial charge < -0.3 is 4.74 Å². The van der Waals surface area contributed by atoms with Crippen LogP contribution in [0.5, 0.6) is 5.75 Å². The second-order valence-electron chi connectivity index (χ2n) is 3.18. The molecule has 1 heteroatoms. The third-order valence-electron chi connectivity index (χ3n) is 2.31. The normalized spacial score (nSPS) is 21.2. The van der Waals surface area contributed by atoms with Gasteiger partial charge in [0.2, 0.25) is 0 Å². The van der Waals surface area contributed by atoms with Gasteiger partial charge in [-0.05, 0) is 18.1 Å². The minimum Gasteiger partial charge on any atom is -0.493 e. The highest BCUT2D eigenvalue weighted by atomic mass is 16.5. The van der Waals surface area contributed by atoms with E-state index in [1.54, 1.807) is 0 Å². The molecule has 0 N–H and O–H groups in total. The van der Waals surface area contributed by atoms with Gasteiger partial charge in [-0.3, -0.25) is 0 Å². The number of rotatable bonds is 1. The molecule has 0 aliphatic carbocycles. The fourth-order valence-corrected chi connectivity index (χ4v) is 1.48. The van der Waals surface area contributed by atoms with Crippen LogP contribution in [0.1, 0.15) is 18.9 Å². The van der Waals surface area contributed by atoms with Crippen molar-refractivity contribution in [3.8, 4) is 5.75 Å². The van der Waals surface area contributed by atoms with Crippen molar-refractivity contribution in [2.45, 2.75) is 13.3 Å². The molecular formula is C11H13O. The fraction of sp³-hybridized carbons (Fsp3) is 0.364. The molecule has 1 aromatic carbocycles. The van der Waals surface area contributed by atoms with E-state index in [-0.39, 0.29) is 0 Å². The molecular weight excluding hydrogens is 148 g/mol. The van der Waals surface area contributed by atoms with E-state index >= 15 is 0 Å². The van der Waals surface area contributed by atoms with Gasteiger partial charge >= 0.3 is 0 Å². The van der Waals surface area contributed by atoms with E-state index in [1.165, 1.54) is 5.56 Å². The molecule has 0 fully saturated rings. The Labute approximate surface area is 73.4 Å². The molecule has 0 bridgehead atoms. The Balaban J connectivity index is 2.23. The molecule has 1 aliphatic heterocycles. The van der Waals surface area contributed by atoms with Crippen LogP contribution in [0.2, 0.25) is 0 Å². The van der Waals surface area contributed by atoms with Gasteiger partial charge in [-0.1, -0.05) is 25.1 Å². The van der Waals surface area contributed by atoms with Crippen LogP contribution in [0.15, 0.2) is 24.3 Å². The van der Waals surface area contributed by atoms with Gasteiger partial charge in [-0.15, -0.1) is 0 Å². The lowest BCUT2D eigenvalue weighted by Crippen LogP contribution is -2.18. The Morgan fingerprint density at radius 1 is 1.42 bits per heavy atom. The molecule has 1 nitrogen and oxygen atoms in total. The smallest absolute Gasteiger partial charge is 0.122 e. The Morgan fingerprint density at radius 2 is 2.25 bits per heavy atom. The zero-order valence-corrected chi connectivity index (χ0v) is 7.29. The van der Waals surface area contributed by atoms with E-state index in [9.17, 15) is 0 Å². The molecule has 2 rings (SSSR count). The Hall–Kier alpha value is -0.980. The molecule has 1 aliphatic rings. The van der Waals surface area contributed by atoms with E-state index in [2.05, 4.69) is 25.5 Å². The Morgan fingerprint density at radius 3 is 3.08 bits per heavy atom. The summed E-state index contributed by atoms with van der Waals surface area (Å²) >= 11 is 0. The van der Waals surface area contributed by atoms with E-state index in [4.69, 9.17) is 4.74 Å². The van der Waals surface area contributed by atoms with Crippen molar-refractivity contribution in [3.05, 3.63) is 36.2 Å². The molecule has 0 saturated heterocycles. The monoisotopic (exact) mass is 161 g/mol. The van der Waals surface area contributed by atoms with Crippen molar-refractivity contribution in [1.82, 2.24) is 0 Å². The highest BCUT2D eigenvalue weighted by molar-refractivity contribution is 5.40. The molecule has 0 amide bonds. The lowest BCUT2D eigenvalue weighted by atomic mass is 9.95. The number of fused-ring (bicyclic) bond motifs is 1. The minimum absolute atomic E-state index is 0.597. The Kier molecular flexibility index (Phi) is 2.03. The first kappa shape index (κ1) is 7.66.